The Balaban J connectivity index is 0.000000173. The van der Waals surface area contributed by atoms with Crippen LogP contribution in [-0.2, 0) is 34.2 Å². The van der Waals surface area contributed by atoms with E-state index in [-0.39, 0.29) is 20.1 Å². The summed E-state index contributed by atoms with van der Waals surface area (Å²) >= 11 is 0. The van der Waals surface area contributed by atoms with Crippen molar-refractivity contribution in [2.75, 3.05) is 0 Å². The monoisotopic (exact) mass is 507 g/mol. The largest absolute Gasteiger partial charge is 0.373 e. The Morgan fingerprint density at radius 3 is 2.00 bits per heavy atom. The second kappa shape index (κ2) is 9.11. The molecule has 0 aliphatic rings. The van der Waals surface area contributed by atoms with Gasteiger partial charge in [0.2, 0.25) is 0 Å². The van der Waals surface area contributed by atoms with Crippen molar-refractivity contribution in [3.63, 3.8) is 0 Å². The smallest absolute Gasteiger partial charge is 0.0555 e. The third-order valence-corrected chi connectivity index (χ3v) is 3.47. The molecule has 0 saturated carbocycles. The topological polar surface area (TPSA) is 35.6 Å². The van der Waals surface area contributed by atoms with Crippen molar-refractivity contribution in [2.24, 2.45) is 14.1 Å². The molecule has 4 aromatic rings. The van der Waals surface area contributed by atoms with E-state index >= 15 is 0 Å². The van der Waals surface area contributed by atoms with Crippen LogP contribution in [0.1, 0.15) is 0 Å². The van der Waals surface area contributed by atoms with E-state index in [2.05, 4.69) is 22.2 Å². The average molecular weight is 507 g/mol. The molecular weight excluding hydrogens is 488 g/mol. The molecule has 2 heterocycles. The van der Waals surface area contributed by atoms with Crippen molar-refractivity contribution in [2.45, 2.75) is 0 Å². The second-order valence-corrected chi connectivity index (χ2v) is 5.29. The molecule has 5 heteroatoms. The Hall–Kier alpha value is -2.49. The van der Waals surface area contributed by atoms with Crippen molar-refractivity contribution in [3.05, 3.63) is 85.3 Å². The van der Waals surface area contributed by atoms with E-state index in [1.165, 1.54) is 0 Å². The third-order valence-electron chi connectivity index (χ3n) is 3.47. The molecule has 4 nitrogen and oxygen atoms in total. The molecule has 2 aromatic carbocycles. The van der Waals surface area contributed by atoms with Crippen molar-refractivity contribution in [3.8, 4) is 22.6 Å². The molecule has 2 aromatic heterocycles. The molecule has 0 N–H and O–H groups in total. The third kappa shape index (κ3) is 4.99. The number of aryl methyl sites for hydroxylation is 2. The van der Waals surface area contributed by atoms with Gasteiger partial charge in [0.1, 0.15) is 0 Å². The van der Waals surface area contributed by atoms with Crippen LogP contribution in [0.5, 0.6) is 0 Å². The number of benzene rings is 2. The normalized spacial score (nSPS) is 9.68. The number of nitrogens with zero attached hydrogens (tertiary/aromatic N) is 4. The van der Waals surface area contributed by atoms with Gasteiger partial charge in [-0.3, -0.25) is 9.67 Å². The van der Waals surface area contributed by atoms with Gasteiger partial charge in [0, 0.05) is 58.5 Å². The fraction of sp³-hybridized carbons (Fsp3) is 0.100. The van der Waals surface area contributed by atoms with Crippen molar-refractivity contribution in [1.82, 2.24) is 19.3 Å². The molecule has 4 rings (SSSR count). The first-order valence-corrected chi connectivity index (χ1v) is 7.65. The number of rotatable bonds is 2. The minimum absolute atomic E-state index is 0. The summed E-state index contributed by atoms with van der Waals surface area (Å²) in [6, 6.07) is 23.9. The van der Waals surface area contributed by atoms with Gasteiger partial charge in [0.25, 0.3) is 0 Å². The van der Waals surface area contributed by atoms with Crippen LogP contribution in [0.2, 0.25) is 0 Å². The van der Waals surface area contributed by atoms with Crippen molar-refractivity contribution < 1.29 is 20.1 Å². The summed E-state index contributed by atoms with van der Waals surface area (Å²) in [5.41, 5.74) is 3.04. The maximum Gasteiger partial charge on any atom is 0.0555 e. The van der Waals surface area contributed by atoms with E-state index < -0.39 is 0 Å². The Labute approximate surface area is 161 Å². The van der Waals surface area contributed by atoms with Gasteiger partial charge < -0.3 is 4.57 Å². The predicted octanol–water partition coefficient (Wildman–Crippen LogP) is 3.77. The zero-order valence-corrected chi connectivity index (χ0v) is 16.4. The minimum atomic E-state index is 0. The molecule has 0 fully saturated rings. The minimum Gasteiger partial charge on any atom is -0.373 e. The van der Waals surface area contributed by atoms with Gasteiger partial charge in [-0.2, -0.15) is 0 Å². The van der Waals surface area contributed by atoms with Gasteiger partial charge in [0.15, 0.2) is 0 Å². The van der Waals surface area contributed by atoms with E-state index in [1.807, 2.05) is 85.7 Å². The van der Waals surface area contributed by atoms with Gasteiger partial charge in [0.05, 0.1) is 5.82 Å². The van der Waals surface area contributed by atoms with E-state index in [4.69, 9.17) is 0 Å². The van der Waals surface area contributed by atoms with E-state index in [1.54, 1.807) is 10.9 Å². The van der Waals surface area contributed by atoms with Crippen LogP contribution in [0.25, 0.3) is 22.6 Å². The van der Waals surface area contributed by atoms with Crippen LogP contribution in [0.4, 0.5) is 0 Å². The quantitative estimate of drug-likeness (QED) is 0.388. The van der Waals surface area contributed by atoms with Crippen LogP contribution >= 0.6 is 0 Å². The van der Waals surface area contributed by atoms with Gasteiger partial charge in [-0.1, -0.05) is 6.07 Å². The Morgan fingerprint density at radius 2 is 1.52 bits per heavy atom. The summed E-state index contributed by atoms with van der Waals surface area (Å²) in [5.74, 6) is 0.954. The molecule has 0 saturated heterocycles. The Bertz CT molecular complexity index is 882. The van der Waals surface area contributed by atoms with Gasteiger partial charge >= 0.3 is 0 Å². The first-order chi connectivity index (χ1) is 11.7. The summed E-state index contributed by atoms with van der Waals surface area (Å²) in [6.45, 7) is 0. The molecule has 0 bridgehead atoms. The zero-order valence-electron chi connectivity index (χ0n) is 14.1. The van der Waals surface area contributed by atoms with Crippen LogP contribution in [-0.4, -0.2) is 19.3 Å². The number of aromatic nitrogens is 4. The Morgan fingerprint density at radius 1 is 0.840 bits per heavy atom. The predicted molar refractivity (Wildman–Crippen MR) is 95.0 cm³/mol. The van der Waals surface area contributed by atoms with E-state index in [0.717, 1.165) is 22.6 Å². The molecule has 0 amide bonds. The summed E-state index contributed by atoms with van der Waals surface area (Å²) in [7, 11) is 3.88. The molecule has 0 aliphatic heterocycles. The maximum atomic E-state index is 4.27. The Kier molecular flexibility index (Phi) is 6.87. The van der Waals surface area contributed by atoms with Gasteiger partial charge in [-0.25, -0.2) is 5.10 Å². The van der Waals surface area contributed by atoms with Gasteiger partial charge in [-0.05, 0) is 0 Å². The fourth-order valence-corrected chi connectivity index (χ4v) is 2.27. The van der Waals surface area contributed by atoms with Gasteiger partial charge in [-0.15, -0.1) is 71.8 Å². The molecular formula is C20H18IrN4-2. The van der Waals surface area contributed by atoms with E-state index in [9.17, 15) is 0 Å². The first kappa shape index (κ1) is 18.8. The molecule has 0 unspecified atom stereocenters. The molecule has 0 aliphatic carbocycles. The van der Waals surface area contributed by atoms with Crippen LogP contribution in [0.3, 0.4) is 0 Å². The molecule has 1 radical (unpaired) electrons. The summed E-state index contributed by atoms with van der Waals surface area (Å²) in [4.78, 5) is 4.22. The number of imidazole rings is 1. The summed E-state index contributed by atoms with van der Waals surface area (Å²) in [6.07, 6.45) is 5.64. The second-order valence-electron chi connectivity index (χ2n) is 5.29. The summed E-state index contributed by atoms with van der Waals surface area (Å²) in [5, 5.41) is 4.27. The molecule has 129 valence electrons. The fourth-order valence-electron chi connectivity index (χ4n) is 2.27. The zero-order chi connectivity index (χ0) is 16.8. The van der Waals surface area contributed by atoms with Crippen LogP contribution in [0, 0.1) is 12.1 Å². The molecule has 0 spiro atoms. The molecule has 0 atom stereocenters. The van der Waals surface area contributed by atoms with Crippen LogP contribution in [0.15, 0.2) is 73.2 Å². The molecule has 25 heavy (non-hydrogen) atoms. The standard InChI is InChI=1S/2C10H9N2.Ir/c1-12-8-7-11-10(12)9-5-3-2-4-6-9;1-12-8-7-10(11-12)9-5-3-2-4-6-9;/h2*2-5,7-8H,1H3;/q2*-1;. The summed E-state index contributed by atoms with van der Waals surface area (Å²) < 4.78 is 3.77. The van der Waals surface area contributed by atoms with Crippen molar-refractivity contribution in [1.29, 1.82) is 0 Å². The van der Waals surface area contributed by atoms with Crippen LogP contribution < -0.4 is 0 Å². The number of hydrogen-bond donors (Lipinski definition) is 0. The SMILES string of the molecule is Cn1ccc(-c2[c-]cccc2)n1.Cn1ccnc1-c1[c-]cccc1.[Ir]. The average Bonchev–Trinajstić information content (AvgIpc) is 3.25. The first-order valence-electron chi connectivity index (χ1n) is 7.65. The maximum absolute atomic E-state index is 4.27. The van der Waals surface area contributed by atoms with Crippen molar-refractivity contribution >= 4 is 0 Å². The number of hydrogen-bond acceptors (Lipinski definition) is 2. The van der Waals surface area contributed by atoms with E-state index in [0.29, 0.717) is 0 Å².